The Bertz CT molecular complexity index is 878. The highest BCUT2D eigenvalue weighted by Gasteiger charge is 2.16. The number of halogens is 1. The summed E-state index contributed by atoms with van der Waals surface area (Å²) >= 11 is 0. The smallest absolute Gasteiger partial charge is 0.243 e. The number of nitrogens with one attached hydrogen (secondary N) is 1. The Hall–Kier alpha value is -3.06. The number of hydrogen-bond donors (Lipinski definition) is 1. The first-order valence-electron chi connectivity index (χ1n) is 10.5. The van der Waals surface area contributed by atoms with Gasteiger partial charge in [-0.1, -0.05) is 6.07 Å². The van der Waals surface area contributed by atoms with Crippen LogP contribution in [0.2, 0.25) is 0 Å². The van der Waals surface area contributed by atoms with Crippen LogP contribution in [-0.2, 0) is 4.79 Å². The van der Waals surface area contributed by atoms with Crippen LogP contribution in [0.1, 0.15) is 12.0 Å². The van der Waals surface area contributed by atoms with E-state index in [2.05, 4.69) is 27.2 Å². The maximum atomic E-state index is 13.7. The molecule has 0 atom stereocenters. The number of amides is 1. The third kappa shape index (κ3) is 6.72. The summed E-state index contributed by atoms with van der Waals surface area (Å²) in [4.78, 5) is 16.8. The second-order valence-corrected chi connectivity index (χ2v) is 7.40. The minimum atomic E-state index is -0.447. The highest BCUT2D eigenvalue weighted by atomic mass is 19.1. The molecule has 1 fully saturated rings. The molecular formula is C24H30FN3O3. The summed E-state index contributed by atoms with van der Waals surface area (Å²) in [5, 5.41) is 2.88. The molecule has 0 spiro atoms. The highest BCUT2D eigenvalue weighted by Crippen LogP contribution is 2.20. The van der Waals surface area contributed by atoms with Crippen LogP contribution in [0.5, 0.6) is 11.5 Å². The van der Waals surface area contributed by atoms with Gasteiger partial charge in [0.15, 0.2) is 11.6 Å². The normalized spacial score (nSPS) is 14.6. The van der Waals surface area contributed by atoms with Crippen LogP contribution in [0.4, 0.5) is 10.1 Å². The van der Waals surface area contributed by atoms with Crippen LogP contribution in [0.3, 0.4) is 0 Å². The molecule has 2 aromatic carbocycles. The average Bonchev–Trinajstić information content (AvgIpc) is 2.81. The molecule has 1 aliphatic heterocycles. The SMILES string of the molecule is COc1ccc(N2CCN(CCCNC(=O)/C=C/c3ccc(OC)c(F)c3)CC2)cc1. The van der Waals surface area contributed by atoms with E-state index in [1.54, 1.807) is 25.3 Å². The molecule has 7 heteroatoms. The first kappa shape index (κ1) is 22.6. The topological polar surface area (TPSA) is 54.0 Å². The van der Waals surface area contributed by atoms with Crippen molar-refractivity contribution in [3.8, 4) is 11.5 Å². The zero-order valence-electron chi connectivity index (χ0n) is 18.1. The van der Waals surface area contributed by atoms with E-state index in [1.165, 1.54) is 24.9 Å². The summed E-state index contributed by atoms with van der Waals surface area (Å²) in [6, 6.07) is 12.8. The molecule has 1 aliphatic rings. The molecule has 2 aromatic rings. The van der Waals surface area contributed by atoms with Crippen LogP contribution in [0.15, 0.2) is 48.5 Å². The van der Waals surface area contributed by atoms with Crippen LogP contribution in [-0.4, -0.2) is 64.3 Å². The Balaban J connectivity index is 1.33. The van der Waals surface area contributed by atoms with E-state index >= 15 is 0 Å². The maximum absolute atomic E-state index is 13.7. The molecule has 166 valence electrons. The van der Waals surface area contributed by atoms with E-state index in [-0.39, 0.29) is 11.7 Å². The third-order valence-corrected chi connectivity index (χ3v) is 5.36. The van der Waals surface area contributed by atoms with Crippen molar-refractivity contribution in [2.24, 2.45) is 0 Å². The van der Waals surface area contributed by atoms with E-state index in [1.807, 2.05) is 12.1 Å². The van der Waals surface area contributed by atoms with E-state index < -0.39 is 5.82 Å². The fraction of sp³-hybridized carbons (Fsp3) is 0.375. The molecule has 0 bridgehead atoms. The number of ether oxygens (including phenoxy) is 2. The molecule has 6 nitrogen and oxygen atoms in total. The molecule has 31 heavy (non-hydrogen) atoms. The lowest BCUT2D eigenvalue weighted by Crippen LogP contribution is -2.47. The van der Waals surface area contributed by atoms with Crippen molar-refractivity contribution in [1.82, 2.24) is 10.2 Å². The number of nitrogens with zero attached hydrogens (tertiary/aromatic N) is 2. The predicted molar refractivity (Wildman–Crippen MR) is 121 cm³/mol. The third-order valence-electron chi connectivity index (χ3n) is 5.36. The largest absolute Gasteiger partial charge is 0.497 e. The number of benzene rings is 2. The standard InChI is InChI=1S/C24H30FN3O3/c1-30-21-8-6-20(7-9-21)28-16-14-27(15-17-28)13-3-12-26-24(29)11-5-19-4-10-23(31-2)22(25)18-19/h4-11,18H,3,12-17H2,1-2H3,(H,26,29)/b11-5+. The summed E-state index contributed by atoms with van der Waals surface area (Å²) in [5.74, 6) is 0.430. The van der Waals surface area contributed by atoms with Gasteiger partial charge in [-0.15, -0.1) is 0 Å². The summed E-state index contributed by atoms with van der Waals surface area (Å²) < 4.78 is 23.8. The van der Waals surface area contributed by atoms with Gasteiger partial charge in [0.1, 0.15) is 5.75 Å². The summed E-state index contributed by atoms with van der Waals surface area (Å²) in [7, 11) is 3.09. The van der Waals surface area contributed by atoms with Gasteiger partial charge in [-0.2, -0.15) is 0 Å². The summed E-state index contributed by atoms with van der Waals surface area (Å²) in [6.45, 7) is 5.54. The van der Waals surface area contributed by atoms with Gasteiger partial charge in [-0.25, -0.2) is 4.39 Å². The fourth-order valence-corrected chi connectivity index (χ4v) is 3.55. The van der Waals surface area contributed by atoms with Gasteiger partial charge < -0.3 is 19.7 Å². The molecule has 0 aliphatic carbocycles. The molecule has 0 unspecified atom stereocenters. The molecule has 3 rings (SSSR count). The summed E-state index contributed by atoms with van der Waals surface area (Å²) in [5.41, 5.74) is 1.83. The van der Waals surface area contributed by atoms with E-state index in [0.29, 0.717) is 12.1 Å². The van der Waals surface area contributed by atoms with Crippen molar-refractivity contribution in [2.45, 2.75) is 6.42 Å². The maximum Gasteiger partial charge on any atom is 0.243 e. The van der Waals surface area contributed by atoms with Gasteiger partial charge in [0, 0.05) is 44.5 Å². The molecule has 0 aromatic heterocycles. The predicted octanol–water partition coefficient (Wildman–Crippen LogP) is 3.18. The Kier molecular flexibility index (Phi) is 8.29. The van der Waals surface area contributed by atoms with Gasteiger partial charge in [0.25, 0.3) is 0 Å². The van der Waals surface area contributed by atoms with Crippen LogP contribution >= 0.6 is 0 Å². The number of piperazine rings is 1. The lowest BCUT2D eigenvalue weighted by atomic mass is 10.2. The van der Waals surface area contributed by atoms with E-state index in [4.69, 9.17) is 9.47 Å². The fourth-order valence-electron chi connectivity index (χ4n) is 3.55. The number of carbonyl (C=O) groups is 1. The summed E-state index contributed by atoms with van der Waals surface area (Å²) in [6.07, 6.45) is 3.91. The van der Waals surface area contributed by atoms with E-state index in [0.717, 1.165) is 44.9 Å². The van der Waals surface area contributed by atoms with Gasteiger partial charge in [0.05, 0.1) is 14.2 Å². The Morgan fingerprint density at radius 3 is 2.45 bits per heavy atom. The van der Waals surface area contributed by atoms with Crippen LogP contribution in [0, 0.1) is 5.82 Å². The van der Waals surface area contributed by atoms with Gasteiger partial charge in [0.2, 0.25) is 5.91 Å². The second-order valence-electron chi connectivity index (χ2n) is 7.40. The lowest BCUT2D eigenvalue weighted by molar-refractivity contribution is -0.116. The van der Waals surface area contributed by atoms with Crippen molar-refractivity contribution >= 4 is 17.7 Å². The number of hydrogen-bond acceptors (Lipinski definition) is 5. The lowest BCUT2D eigenvalue weighted by Gasteiger charge is -2.36. The minimum Gasteiger partial charge on any atom is -0.497 e. The molecule has 1 heterocycles. The molecule has 0 saturated carbocycles. The zero-order valence-corrected chi connectivity index (χ0v) is 18.1. The zero-order chi connectivity index (χ0) is 22.1. The molecule has 1 N–H and O–H groups in total. The van der Waals surface area contributed by atoms with Crippen molar-refractivity contribution in [2.75, 3.05) is 58.4 Å². The number of anilines is 1. The second kappa shape index (κ2) is 11.4. The van der Waals surface area contributed by atoms with Crippen LogP contribution < -0.4 is 19.7 Å². The van der Waals surface area contributed by atoms with Crippen molar-refractivity contribution in [1.29, 1.82) is 0 Å². The van der Waals surface area contributed by atoms with Gasteiger partial charge in [-0.3, -0.25) is 9.69 Å². The number of carbonyl (C=O) groups excluding carboxylic acids is 1. The van der Waals surface area contributed by atoms with Crippen molar-refractivity contribution in [3.05, 3.63) is 59.9 Å². The van der Waals surface area contributed by atoms with Crippen LogP contribution in [0.25, 0.3) is 6.08 Å². The minimum absolute atomic E-state index is 0.180. The number of methoxy groups -OCH3 is 2. The van der Waals surface area contributed by atoms with Crippen molar-refractivity contribution < 1.29 is 18.7 Å². The molecule has 0 radical (unpaired) electrons. The van der Waals surface area contributed by atoms with Gasteiger partial charge >= 0.3 is 0 Å². The highest BCUT2D eigenvalue weighted by molar-refractivity contribution is 5.91. The van der Waals surface area contributed by atoms with E-state index in [9.17, 15) is 9.18 Å². The quantitative estimate of drug-likeness (QED) is 0.492. The van der Waals surface area contributed by atoms with Gasteiger partial charge in [-0.05, 0) is 61.0 Å². The molecule has 1 amide bonds. The Labute approximate surface area is 183 Å². The first-order valence-corrected chi connectivity index (χ1v) is 10.5. The number of rotatable bonds is 9. The Morgan fingerprint density at radius 2 is 1.81 bits per heavy atom. The van der Waals surface area contributed by atoms with Crippen molar-refractivity contribution in [3.63, 3.8) is 0 Å². The molecular weight excluding hydrogens is 397 g/mol. The monoisotopic (exact) mass is 427 g/mol. The molecule has 1 saturated heterocycles. The average molecular weight is 428 g/mol. The first-order chi connectivity index (χ1) is 15.1. The Morgan fingerprint density at radius 1 is 1.06 bits per heavy atom.